The van der Waals surface area contributed by atoms with E-state index in [1.165, 1.54) is 38.5 Å². The highest BCUT2D eigenvalue weighted by Crippen LogP contribution is 2.26. The Bertz CT molecular complexity index is 845. The van der Waals surface area contributed by atoms with Gasteiger partial charge < -0.3 is 9.47 Å². The van der Waals surface area contributed by atoms with Crippen molar-refractivity contribution in [3.05, 3.63) is 42.5 Å². The van der Waals surface area contributed by atoms with E-state index < -0.39 is 0 Å². The molecule has 3 nitrogen and oxygen atoms in total. The molecule has 5 heteroatoms. The number of alkyl halides is 2. The summed E-state index contributed by atoms with van der Waals surface area (Å²) in [5.41, 5.74) is 1.93. The van der Waals surface area contributed by atoms with Crippen molar-refractivity contribution in [2.24, 2.45) is 0 Å². The summed E-state index contributed by atoms with van der Waals surface area (Å²) in [4.78, 5) is 4.87. The third-order valence-corrected chi connectivity index (χ3v) is 6.27. The first-order valence-electron chi connectivity index (χ1n) is 11.0. The Kier molecular flexibility index (Phi) is 10.2. The largest absolute Gasteiger partial charge is 0.494 e. The van der Waals surface area contributed by atoms with Crippen molar-refractivity contribution in [1.29, 1.82) is 0 Å². The fraction of sp³-hybridized carbons (Fsp3) is 0.480. The van der Waals surface area contributed by atoms with Gasteiger partial charge in [-0.15, -0.1) is 0 Å². The lowest BCUT2D eigenvalue weighted by molar-refractivity contribution is 0.305. The molecule has 1 heterocycles. The van der Waals surface area contributed by atoms with Crippen LogP contribution in [-0.2, 0) is 0 Å². The number of halogens is 2. The van der Waals surface area contributed by atoms with Crippen molar-refractivity contribution < 1.29 is 9.47 Å². The highest BCUT2D eigenvalue weighted by molar-refractivity contribution is 9.09. The topological polar surface area (TPSA) is 31.4 Å². The van der Waals surface area contributed by atoms with Gasteiger partial charge in [0.05, 0.1) is 24.2 Å². The van der Waals surface area contributed by atoms with Gasteiger partial charge in [-0.05, 0) is 56.0 Å². The standard InChI is InChI=1S/C25H31Br2NO2/c26-13-5-1-3-7-15-29-22-11-9-20-17-21-10-12-23(19-25(21)28-24(20)18-22)30-16-8-4-2-6-14-27/h9-12,17-19H,1-8,13-16H2. The van der Waals surface area contributed by atoms with Crippen molar-refractivity contribution in [3.8, 4) is 11.5 Å². The van der Waals surface area contributed by atoms with E-state index in [1.807, 2.05) is 24.3 Å². The zero-order valence-electron chi connectivity index (χ0n) is 17.5. The molecule has 1 aromatic heterocycles. The molecule has 0 aliphatic rings. The molecule has 0 bridgehead atoms. The van der Waals surface area contributed by atoms with Crippen LogP contribution in [0.15, 0.2) is 42.5 Å². The van der Waals surface area contributed by atoms with Gasteiger partial charge in [0, 0.05) is 33.6 Å². The highest BCUT2D eigenvalue weighted by atomic mass is 79.9. The number of aromatic nitrogens is 1. The van der Waals surface area contributed by atoms with E-state index in [0.29, 0.717) is 0 Å². The Labute approximate surface area is 196 Å². The number of rotatable bonds is 14. The second kappa shape index (κ2) is 13.2. The zero-order valence-corrected chi connectivity index (χ0v) is 20.7. The lowest BCUT2D eigenvalue weighted by atomic mass is 10.1. The molecule has 0 saturated carbocycles. The summed E-state index contributed by atoms with van der Waals surface area (Å²) >= 11 is 6.95. The number of fused-ring (bicyclic) bond motifs is 2. The monoisotopic (exact) mass is 535 g/mol. The molecule has 0 N–H and O–H groups in total. The summed E-state index contributed by atoms with van der Waals surface area (Å²) < 4.78 is 11.9. The molecule has 0 amide bonds. The fourth-order valence-electron chi connectivity index (χ4n) is 3.44. The molecule has 3 rings (SSSR count). The van der Waals surface area contributed by atoms with Crippen LogP contribution in [0, 0.1) is 0 Å². The lowest BCUT2D eigenvalue weighted by Crippen LogP contribution is -1.98. The van der Waals surface area contributed by atoms with Crippen LogP contribution < -0.4 is 9.47 Å². The molecule has 0 atom stereocenters. The molecule has 0 radical (unpaired) electrons. The van der Waals surface area contributed by atoms with Crippen molar-refractivity contribution in [2.45, 2.75) is 51.4 Å². The second-order valence-electron chi connectivity index (χ2n) is 7.60. The Morgan fingerprint density at radius 1 is 0.567 bits per heavy atom. The van der Waals surface area contributed by atoms with E-state index in [0.717, 1.165) is 70.0 Å². The number of pyridine rings is 1. The van der Waals surface area contributed by atoms with Gasteiger partial charge in [-0.25, -0.2) is 4.98 Å². The minimum absolute atomic E-state index is 0.759. The molecule has 0 unspecified atom stereocenters. The quantitative estimate of drug-likeness (QED) is 0.118. The van der Waals surface area contributed by atoms with Gasteiger partial charge in [-0.3, -0.25) is 0 Å². The summed E-state index contributed by atoms with van der Waals surface area (Å²) in [6, 6.07) is 14.6. The van der Waals surface area contributed by atoms with Gasteiger partial charge in [0.2, 0.25) is 0 Å². The van der Waals surface area contributed by atoms with Crippen molar-refractivity contribution in [2.75, 3.05) is 23.9 Å². The number of hydrogen-bond donors (Lipinski definition) is 0. The first-order chi connectivity index (χ1) is 14.8. The molecule has 0 aliphatic carbocycles. The summed E-state index contributed by atoms with van der Waals surface area (Å²) in [6.45, 7) is 1.52. The van der Waals surface area contributed by atoms with Gasteiger partial charge >= 0.3 is 0 Å². The molecule has 0 spiro atoms. The van der Waals surface area contributed by atoms with Gasteiger partial charge in [0.1, 0.15) is 11.5 Å². The second-order valence-corrected chi connectivity index (χ2v) is 9.19. The van der Waals surface area contributed by atoms with E-state index in [-0.39, 0.29) is 0 Å². The molecule has 0 aliphatic heterocycles. The maximum absolute atomic E-state index is 5.94. The van der Waals surface area contributed by atoms with Crippen molar-refractivity contribution >= 4 is 53.7 Å². The SMILES string of the molecule is BrCCCCCCOc1ccc2cc3ccc(OCCCCCCBr)cc3nc2c1. The predicted molar refractivity (Wildman–Crippen MR) is 135 cm³/mol. The summed E-state index contributed by atoms with van der Waals surface area (Å²) in [5, 5.41) is 4.44. The van der Waals surface area contributed by atoms with Crippen LogP contribution in [0.2, 0.25) is 0 Å². The normalized spacial score (nSPS) is 11.3. The van der Waals surface area contributed by atoms with Crippen LogP contribution >= 0.6 is 31.9 Å². The predicted octanol–water partition coefficient (Wildman–Crippen LogP) is 8.06. The van der Waals surface area contributed by atoms with Crippen molar-refractivity contribution in [1.82, 2.24) is 4.98 Å². The first-order valence-corrected chi connectivity index (χ1v) is 13.3. The minimum Gasteiger partial charge on any atom is -0.494 e. The van der Waals surface area contributed by atoms with E-state index in [9.17, 15) is 0 Å². The smallest absolute Gasteiger partial charge is 0.121 e. The average Bonchev–Trinajstić information content (AvgIpc) is 2.77. The maximum atomic E-state index is 5.94. The minimum atomic E-state index is 0.759. The summed E-state index contributed by atoms with van der Waals surface area (Å²) in [6.07, 6.45) is 9.57. The summed E-state index contributed by atoms with van der Waals surface area (Å²) in [7, 11) is 0. The molecule has 162 valence electrons. The molecule has 3 aromatic rings. The average molecular weight is 537 g/mol. The van der Waals surface area contributed by atoms with Crippen LogP contribution in [0.3, 0.4) is 0 Å². The first kappa shape index (κ1) is 23.3. The number of hydrogen-bond acceptors (Lipinski definition) is 3. The van der Waals surface area contributed by atoms with E-state index >= 15 is 0 Å². The molecule has 2 aromatic carbocycles. The highest BCUT2D eigenvalue weighted by Gasteiger charge is 2.04. The Hall–Kier alpha value is -1.33. The van der Waals surface area contributed by atoms with Crippen LogP contribution in [0.1, 0.15) is 51.4 Å². The van der Waals surface area contributed by atoms with Gasteiger partial charge in [0.25, 0.3) is 0 Å². The molecule has 0 fully saturated rings. The van der Waals surface area contributed by atoms with Crippen LogP contribution in [0.25, 0.3) is 21.8 Å². The molecular formula is C25H31Br2NO2. The molecule has 30 heavy (non-hydrogen) atoms. The number of benzene rings is 2. The fourth-order valence-corrected chi connectivity index (χ4v) is 4.23. The number of ether oxygens (including phenoxy) is 2. The van der Waals surface area contributed by atoms with E-state index in [4.69, 9.17) is 14.5 Å². The Morgan fingerprint density at radius 3 is 1.50 bits per heavy atom. The van der Waals surface area contributed by atoms with Crippen LogP contribution in [0.4, 0.5) is 0 Å². The Balaban J connectivity index is 1.59. The van der Waals surface area contributed by atoms with Gasteiger partial charge in [-0.1, -0.05) is 57.5 Å². The van der Waals surface area contributed by atoms with Crippen LogP contribution in [-0.4, -0.2) is 28.9 Å². The third-order valence-electron chi connectivity index (χ3n) is 5.15. The van der Waals surface area contributed by atoms with Gasteiger partial charge in [0.15, 0.2) is 0 Å². The summed E-state index contributed by atoms with van der Waals surface area (Å²) in [5.74, 6) is 1.79. The number of nitrogens with zero attached hydrogens (tertiary/aromatic N) is 1. The number of unbranched alkanes of at least 4 members (excludes halogenated alkanes) is 6. The third kappa shape index (κ3) is 7.42. The van der Waals surface area contributed by atoms with E-state index in [2.05, 4.69) is 50.1 Å². The lowest BCUT2D eigenvalue weighted by Gasteiger charge is -2.09. The molecule has 0 saturated heterocycles. The van der Waals surface area contributed by atoms with E-state index in [1.54, 1.807) is 0 Å². The van der Waals surface area contributed by atoms with Crippen LogP contribution in [0.5, 0.6) is 11.5 Å². The molecular weight excluding hydrogens is 506 g/mol. The zero-order chi connectivity index (χ0) is 21.0. The van der Waals surface area contributed by atoms with Crippen molar-refractivity contribution in [3.63, 3.8) is 0 Å². The maximum Gasteiger partial charge on any atom is 0.121 e. The Morgan fingerprint density at radius 2 is 1.03 bits per heavy atom. The van der Waals surface area contributed by atoms with Gasteiger partial charge in [-0.2, -0.15) is 0 Å².